The minimum Gasteiger partial charge on any atom is -0.348 e. The van der Waals surface area contributed by atoms with Gasteiger partial charge in [0.2, 0.25) is 11.8 Å². The van der Waals surface area contributed by atoms with Gasteiger partial charge in [-0.1, -0.05) is 55.8 Å². The SMILES string of the molecule is Cc1ccc(Cn2nc(C)c(/C=C/C(=O)NCc3cccc(NC(=O)C(C)C)c3)c2C)cc1. The van der Waals surface area contributed by atoms with Crippen LogP contribution in [0.15, 0.2) is 54.6 Å². The molecule has 0 saturated carbocycles. The van der Waals surface area contributed by atoms with Gasteiger partial charge in [0.05, 0.1) is 12.2 Å². The first-order valence-corrected chi connectivity index (χ1v) is 11.2. The second-order valence-electron chi connectivity index (χ2n) is 8.62. The topological polar surface area (TPSA) is 76.0 Å². The van der Waals surface area contributed by atoms with Gasteiger partial charge in [0.1, 0.15) is 0 Å². The van der Waals surface area contributed by atoms with Crippen LogP contribution in [0.25, 0.3) is 6.08 Å². The molecule has 0 spiro atoms. The first kappa shape index (κ1) is 24.0. The second kappa shape index (κ2) is 10.8. The van der Waals surface area contributed by atoms with Gasteiger partial charge in [0, 0.05) is 35.5 Å². The molecule has 6 heteroatoms. The molecular formula is C27H32N4O2. The number of amides is 2. The van der Waals surface area contributed by atoms with Gasteiger partial charge in [-0.05, 0) is 50.1 Å². The van der Waals surface area contributed by atoms with Crippen molar-refractivity contribution in [1.82, 2.24) is 15.1 Å². The summed E-state index contributed by atoms with van der Waals surface area (Å²) >= 11 is 0. The molecule has 0 unspecified atom stereocenters. The molecule has 0 aliphatic carbocycles. The van der Waals surface area contributed by atoms with Crippen LogP contribution in [0.5, 0.6) is 0 Å². The van der Waals surface area contributed by atoms with Crippen LogP contribution < -0.4 is 10.6 Å². The monoisotopic (exact) mass is 444 g/mol. The van der Waals surface area contributed by atoms with E-state index < -0.39 is 0 Å². The van der Waals surface area contributed by atoms with Gasteiger partial charge < -0.3 is 10.6 Å². The van der Waals surface area contributed by atoms with Crippen LogP contribution in [0, 0.1) is 26.7 Å². The van der Waals surface area contributed by atoms with E-state index in [-0.39, 0.29) is 17.7 Å². The minimum absolute atomic E-state index is 0.0345. The number of hydrogen-bond acceptors (Lipinski definition) is 3. The molecule has 33 heavy (non-hydrogen) atoms. The van der Waals surface area contributed by atoms with E-state index >= 15 is 0 Å². The number of hydrogen-bond donors (Lipinski definition) is 2. The standard InChI is InChI=1S/C27H32N4O2/c1-18(2)27(33)29-24-8-6-7-23(15-24)16-28-26(32)14-13-25-20(4)30-31(21(25)5)17-22-11-9-19(3)10-12-22/h6-15,18H,16-17H2,1-5H3,(H,28,32)(H,29,33)/b14-13+. The summed E-state index contributed by atoms with van der Waals surface area (Å²) in [6, 6.07) is 15.9. The number of nitrogens with one attached hydrogen (secondary N) is 2. The number of aromatic nitrogens is 2. The Morgan fingerprint density at radius 1 is 1.03 bits per heavy atom. The Bertz CT molecular complexity index is 1160. The number of benzene rings is 2. The van der Waals surface area contributed by atoms with Crippen molar-refractivity contribution < 1.29 is 9.59 Å². The fourth-order valence-corrected chi connectivity index (χ4v) is 3.43. The molecule has 2 aromatic carbocycles. The lowest BCUT2D eigenvalue weighted by molar-refractivity contribution is -0.119. The van der Waals surface area contributed by atoms with Gasteiger partial charge in [0.15, 0.2) is 0 Å². The van der Waals surface area contributed by atoms with Crippen molar-refractivity contribution in [2.75, 3.05) is 5.32 Å². The number of rotatable bonds is 8. The molecule has 0 radical (unpaired) electrons. The zero-order chi connectivity index (χ0) is 24.0. The third kappa shape index (κ3) is 6.65. The Kier molecular flexibility index (Phi) is 7.83. The smallest absolute Gasteiger partial charge is 0.244 e. The van der Waals surface area contributed by atoms with Crippen molar-refractivity contribution >= 4 is 23.6 Å². The molecule has 0 aliphatic rings. The van der Waals surface area contributed by atoms with E-state index in [0.29, 0.717) is 13.1 Å². The normalized spacial score (nSPS) is 11.2. The number of carbonyl (C=O) groups excluding carboxylic acids is 2. The average Bonchev–Trinajstić information content (AvgIpc) is 3.04. The summed E-state index contributed by atoms with van der Waals surface area (Å²) in [7, 11) is 0. The van der Waals surface area contributed by atoms with Crippen molar-refractivity contribution in [3.8, 4) is 0 Å². The molecule has 0 aliphatic heterocycles. The van der Waals surface area contributed by atoms with Crippen LogP contribution in [0.2, 0.25) is 0 Å². The summed E-state index contributed by atoms with van der Waals surface area (Å²) in [5.74, 6) is -0.309. The summed E-state index contributed by atoms with van der Waals surface area (Å²) in [5, 5.41) is 10.4. The van der Waals surface area contributed by atoms with Gasteiger partial charge in [-0.25, -0.2) is 0 Å². The summed E-state index contributed by atoms with van der Waals surface area (Å²) in [4.78, 5) is 24.3. The Hall–Kier alpha value is -3.67. The quantitative estimate of drug-likeness (QED) is 0.491. The zero-order valence-electron chi connectivity index (χ0n) is 20.0. The van der Waals surface area contributed by atoms with E-state index in [1.54, 1.807) is 0 Å². The maximum absolute atomic E-state index is 12.4. The summed E-state index contributed by atoms with van der Waals surface area (Å²) in [6.07, 6.45) is 3.36. The highest BCUT2D eigenvalue weighted by atomic mass is 16.2. The third-order valence-corrected chi connectivity index (χ3v) is 5.48. The van der Waals surface area contributed by atoms with Crippen LogP contribution in [0.4, 0.5) is 5.69 Å². The Labute approximate surface area is 195 Å². The molecular weight excluding hydrogens is 412 g/mol. The molecule has 1 heterocycles. The van der Waals surface area contributed by atoms with E-state index in [4.69, 9.17) is 0 Å². The first-order chi connectivity index (χ1) is 15.7. The molecule has 0 atom stereocenters. The average molecular weight is 445 g/mol. The molecule has 2 N–H and O–H groups in total. The maximum atomic E-state index is 12.4. The van der Waals surface area contributed by atoms with Gasteiger partial charge in [-0.15, -0.1) is 0 Å². The van der Waals surface area contributed by atoms with Crippen molar-refractivity contribution in [1.29, 1.82) is 0 Å². The number of aryl methyl sites for hydroxylation is 2. The van der Waals surface area contributed by atoms with Crippen LogP contribution in [-0.4, -0.2) is 21.6 Å². The van der Waals surface area contributed by atoms with Crippen molar-refractivity contribution in [3.63, 3.8) is 0 Å². The predicted molar refractivity (Wildman–Crippen MR) is 133 cm³/mol. The number of anilines is 1. The Balaban J connectivity index is 1.60. The van der Waals surface area contributed by atoms with Gasteiger partial charge in [-0.2, -0.15) is 5.10 Å². The highest BCUT2D eigenvalue weighted by molar-refractivity contribution is 5.93. The molecule has 172 valence electrons. The Morgan fingerprint density at radius 2 is 1.76 bits per heavy atom. The van der Waals surface area contributed by atoms with Crippen LogP contribution in [0.3, 0.4) is 0 Å². The predicted octanol–water partition coefficient (Wildman–Crippen LogP) is 4.78. The minimum atomic E-state index is -0.184. The fraction of sp³-hybridized carbons (Fsp3) is 0.296. The highest BCUT2D eigenvalue weighted by Crippen LogP contribution is 2.17. The van der Waals surface area contributed by atoms with Crippen LogP contribution in [-0.2, 0) is 22.7 Å². The van der Waals surface area contributed by atoms with Crippen LogP contribution in [0.1, 0.15) is 47.5 Å². The molecule has 1 aromatic heterocycles. The van der Waals surface area contributed by atoms with E-state index in [0.717, 1.165) is 28.2 Å². The van der Waals surface area contributed by atoms with E-state index in [2.05, 4.69) is 46.9 Å². The summed E-state index contributed by atoms with van der Waals surface area (Å²) < 4.78 is 1.97. The summed E-state index contributed by atoms with van der Waals surface area (Å²) in [6.45, 7) is 10.8. The largest absolute Gasteiger partial charge is 0.348 e. The third-order valence-electron chi connectivity index (χ3n) is 5.48. The lowest BCUT2D eigenvalue weighted by Crippen LogP contribution is -2.21. The van der Waals surface area contributed by atoms with Crippen molar-refractivity contribution in [2.24, 2.45) is 5.92 Å². The summed E-state index contributed by atoms with van der Waals surface area (Å²) in [5.41, 5.74) is 6.92. The molecule has 0 fully saturated rings. The Morgan fingerprint density at radius 3 is 2.45 bits per heavy atom. The number of carbonyl (C=O) groups is 2. The lowest BCUT2D eigenvalue weighted by atomic mass is 10.1. The molecule has 0 bridgehead atoms. The fourth-order valence-electron chi connectivity index (χ4n) is 3.43. The van der Waals surface area contributed by atoms with E-state index in [9.17, 15) is 9.59 Å². The van der Waals surface area contributed by atoms with Crippen molar-refractivity contribution in [3.05, 3.63) is 88.2 Å². The highest BCUT2D eigenvalue weighted by Gasteiger charge is 2.10. The zero-order valence-corrected chi connectivity index (χ0v) is 20.0. The van der Waals surface area contributed by atoms with Crippen LogP contribution >= 0.6 is 0 Å². The van der Waals surface area contributed by atoms with Crippen molar-refractivity contribution in [2.45, 2.75) is 47.7 Å². The molecule has 3 aromatic rings. The molecule has 2 amide bonds. The molecule has 3 rings (SSSR count). The lowest BCUT2D eigenvalue weighted by Gasteiger charge is -2.09. The second-order valence-corrected chi connectivity index (χ2v) is 8.62. The molecule has 0 saturated heterocycles. The molecule has 6 nitrogen and oxygen atoms in total. The van der Waals surface area contributed by atoms with Gasteiger partial charge in [-0.3, -0.25) is 14.3 Å². The van der Waals surface area contributed by atoms with Gasteiger partial charge >= 0.3 is 0 Å². The first-order valence-electron chi connectivity index (χ1n) is 11.2. The van der Waals surface area contributed by atoms with Gasteiger partial charge in [0.25, 0.3) is 0 Å². The van der Waals surface area contributed by atoms with E-state index in [1.165, 1.54) is 17.2 Å². The van der Waals surface area contributed by atoms with E-state index in [1.807, 2.05) is 62.7 Å². The number of nitrogens with zero attached hydrogens (tertiary/aromatic N) is 2. The maximum Gasteiger partial charge on any atom is 0.244 e.